The zero-order valence-electron chi connectivity index (χ0n) is 11.2. The van der Waals surface area contributed by atoms with E-state index < -0.39 is 0 Å². The third kappa shape index (κ3) is 2.76. The van der Waals surface area contributed by atoms with E-state index in [1.807, 2.05) is 23.1 Å². The van der Waals surface area contributed by atoms with Crippen LogP contribution < -0.4 is 5.32 Å². The van der Waals surface area contributed by atoms with Crippen LogP contribution in [0.4, 0.5) is 0 Å². The first-order valence-electron chi connectivity index (χ1n) is 6.38. The number of hydrogen-bond acceptors (Lipinski definition) is 3. The Bertz CT molecular complexity index is 537. The normalized spacial score (nSPS) is 12.6. The Kier molecular flexibility index (Phi) is 4.10. The number of aromatic nitrogens is 3. The molecule has 0 aliphatic carbocycles. The fraction of sp³-hybridized carbons (Fsp3) is 0.429. The van der Waals surface area contributed by atoms with Crippen LogP contribution in [0, 0.1) is 0 Å². The first-order valence-corrected chi connectivity index (χ1v) is 6.38. The molecule has 0 aliphatic heterocycles. The van der Waals surface area contributed by atoms with Crippen LogP contribution in [0.5, 0.6) is 0 Å². The highest BCUT2D eigenvalue weighted by atomic mass is 15.2. The fourth-order valence-electron chi connectivity index (χ4n) is 1.98. The van der Waals surface area contributed by atoms with Gasteiger partial charge in [-0.25, -0.2) is 4.52 Å². The van der Waals surface area contributed by atoms with Gasteiger partial charge in [-0.3, -0.25) is 4.98 Å². The molecule has 1 unspecified atom stereocenters. The van der Waals surface area contributed by atoms with Crippen LogP contribution in [0.3, 0.4) is 0 Å². The summed E-state index contributed by atoms with van der Waals surface area (Å²) in [4.78, 5) is 4.18. The minimum absolute atomic E-state index is 0.205. The van der Waals surface area contributed by atoms with Crippen LogP contribution in [-0.2, 0) is 0 Å². The van der Waals surface area contributed by atoms with Crippen molar-refractivity contribution in [3.05, 3.63) is 42.0 Å². The second-order valence-corrected chi connectivity index (χ2v) is 4.68. The van der Waals surface area contributed by atoms with E-state index >= 15 is 0 Å². The third-order valence-electron chi connectivity index (χ3n) is 2.80. The zero-order valence-corrected chi connectivity index (χ0v) is 11.2. The van der Waals surface area contributed by atoms with E-state index in [4.69, 9.17) is 0 Å². The lowest BCUT2D eigenvalue weighted by molar-refractivity contribution is 0.613. The summed E-state index contributed by atoms with van der Waals surface area (Å²) in [7, 11) is 0. The summed E-state index contributed by atoms with van der Waals surface area (Å²) in [5.41, 5.74) is 3.54. The quantitative estimate of drug-likeness (QED) is 0.822. The minimum Gasteiger partial charge on any atom is -0.307 e. The molecule has 2 aromatic rings. The summed E-state index contributed by atoms with van der Waals surface area (Å²) in [6, 6.07) is 0.205. The van der Waals surface area contributed by atoms with Gasteiger partial charge in [0.15, 0.2) is 0 Å². The Morgan fingerprint density at radius 2 is 2.28 bits per heavy atom. The van der Waals surface area contributed by atoms with Crippen molar-refractivity contribution in [1.82, 2.24) is 19.9 Å². The van der Waals surface area contributed by atoms with Crippen LogP contribution in [0.25, 0.3) is 5.52 Å². The van der Waals surface area contributed by atoms with Gasteiger partial charge in [0.25, 0.3) is 0 Å². The maximum absolute atomic E-state index is 4.36. The van der Waals surface area contributed by atoms with E-state index in [0.717, 1.165) is 18.5 Å². The Labute approximate surface area is 108 Å². The Morgan fingerprint density at radius 3 is 3.00 bits per heavy atom. The molecule has 0 aromatic carbocycles. The molecule has 0 bridgehead atoms. The Hall–Kier alpha value is -1.68. The van der Waals surface area contributed by atoms with Gasteiger partial charge in [0.2, 0.25) is 0 Å². The first-order chi connectivity index (χ1) is 8.72. The number of allylic oxidation sites excluding steroid dienone is 1. The van der Waals surface area contributed by atoms with Gasteiger partial charge >= 0.3 is 0 Å². The maximum Gasteiger partial charge on any atom is 0.0895 e. The lowest BCUT2D eigenvalue weighted by atomic mass is 10.1. The van der Waals surface area contributed by atoms with Crippen molar-refractivity contribution in [1.29, 1.82) is 0 Å². The second kappa shape index (κ2) is 5.78. The Morgan fingerprint density at radius 1 is 1.44 bits per heavy atom. The van der Waals surface area contributed by atoms with Gasteiger partial charge < -0.3 is 5.32 Å². The average Bonchev–Trinajstić information content (AvgIpc) is 2.78. The number of rotatable bonds is 5. The summed E-state index contributed by atoms with van der Waals surface area (Å²) in [6.07, 6.45) is 10.8. The molecule has 18 heavy (non-hydrogen) atoms. The van der Waals surface area contributed by atoms with Gasteiger partial charge in [0.1, 0.15) is 0 Å². The molecule has 2 aromatic heterocycles. The van der Waals surface area contributed by atoms with E-state index in [1.165, 1.54) is 11.1 Å². The molecule has 96 valence electrons. The number of nitrogens with one attached hydrogen (secondary N) is 1. The first kappa shape index (κ1) is 12.8. The van der Waals surface area contributed by atoms with Crippen molar-refractivity contribution in [2.24, 2.45) is 0 Å². The zero-order chi connectivity index (χ0) is 13.0. The molecule has 4 heteroatoms. The predicted octanol–water partition coefficient (Wildman–Crippen LogP) is 2.74. The maximum atomic E-state index is 4.36. The number of fused-ring (bicyclic) bond motifs is 1. The van der Waals surface area contributed by atoms with Crippen LogP contribution >= 0.6 is 0 Å². The van der Waals surface area contributed by atoms with Crippen LogP contribution in [0.2, 0.25) is 0 Å². The van der Waals surface area contributed by atoms with Crippen molar-refractivity contribution in [2.75, 3.05) is 6.54 Å². The van der Waals surface area contributed by atoms with Crippen molar-refractivity contribution in [2.45, 2.75) is 33.2 Å². The largest absolute Gasteiger partial charge is 0.307 e. The molecule has 2 heterocycles. The molecule has 0 saturated heterocycles. The van der Waals surface area contributed by atoms with Gasteiger partial charge in [-0.15, -0.1) is 0 Å². The summed E-state index contributed by atoms with van der Waals surface area (Å²) in [5.74, 6) is 0. The second-order valence-electron chi connectivity index (χ2n) is 4.68. The third-order valence-corrected chi connectivity index (χ3v) is 2.80. The highest BCUT2D eigenvalue weighted by Gasteiger charge is 2.13. The summed E-state index contributed by atoms with van der Waals surface area (Å²) in [5, 5.41) is 7.90. The molecule has 0 aliphatic rings. The molecule has 1 atom stereocenters. The van der Waals surface area contributed by atoms with Gasteiger partial charge in [-0.2, -0.15) is 5.10 Å². The monoisotopic (exact) mass is 244 g/mol. The summed E-state index contributed by atoms with van der Waals surface area (Å²) in [6.45, 7) is 7.39. The van der Waals surface area contributed by atoms with Crippen molar-refractivity contribution in [3.8, 4) is 0 Å². The predicted molar refractivity (Wildman–Crippen MR) is 73.5 cm³/mol. The van der Waals surface area contributed by atoms with Gasteiger partial charge in [-0.1, -0.05) is 18.6 Å². The average molecular weight is 244 g/mol. The van der Waals surface area contributed by atoms with Crippen molar-refractivity contribution >= 4 is 5.52 Å². The summed E-state index contributed by atoms with van der Waals surface area (Å²) < 4.78 is 1.86. The van der Waals surface area contributed by atoms with Crippen LogP contribution in [0.15, 0.2) is 36.4 Å². The molecule has 0 amide bonds. The van der Waals surface area contributed by atoms with Crippen molar-refractivity contribution in [3.63, 3.8) is 0 Å². The minimum atomic E-state index is 0.205. The van der Waals surface area contributed by atoms with Crippen LogP contribution in [0.1, 0.15) is 38.8 Å². The lowest BCUT2D eigenvalue weighted by Crippen LogP contribution is -2.20. The molecule has 4 nitrogen and oxygen atoms in total. The van der Waals surface area contributed by atoms with E-state index in [2.05, 4.69) is 42.2 Å². The lowest BCUT2D eigenvalue weighted by Gasteiger charge is -2.14. The highest BCUT2D eigenvalue weighted by molar-refractivity contribution is 5.54. The van der Waals surface area contributed by atoms with E-state index in [0.29, 0.717) is 0 Å². The smallest absolute Gasteiger partial charge is 0.0895 e. The van der Waals surface area contributed by atoms with Gasteiger partial charge in [0.05, 0.1) is 24.0 Å². The Balaban J connectivity index is 2.37. The number of nitrogens with zero attached hydrogens (tertiary/aromatic N) is 3. The van der Waals surface area contributed by atoms with E-state index in [1.54, 1.807) is 6.20 Å². The SMILES string of the molecule is CCCNC(C=C(C)C)c1cnn2ccncc12. The number of hydrogen-bond donors (Lipinski definition) is 1. The standard InChI is InChI=1S/C14H20N4/c1-4-5-16-13(8-11(2)3)12-9-17-18-7-6-15-10-14(12)18/h6-10,13,16H,4-5H2,1-3H3. The van der Waals surface area contributed by atoms with Crippen LogP contribution in [-0.4, -0.2) is 21.1 Å². The topological polar surface area (TPSA) is 42.2 Å². The molecule has 0 spiro atoms. The van der Waals surface area contributed by atoms with Crippen molar-refractivity contribution < 1.29 is 0 Å². The van der Waals surface area contributed by atoms with E-state index in [-0.39, 0.29) is 6.04 Å². The summed E-state index contributed by atoms with van der Waals surface area (Å²) >= 11 is 0. The molecular weight excluding hydrogens is 224 g/mol. The molecule has 0 saturated carbocycles. The highest BCUT2D eigenvalue weighted by Crippen LogP contribution is 2.20. The fourth-order valence-corrected chi connectivity index (χ4v) is 1.98. The van der Waals surface area contributed by atoms with Gasteiger partial charge in [0, 0.05) is 18.0 Å². The molecular formula is C14H20N4. The molecule has 1 N–H and O–H groups in total. The molecule has 0 radical (unpaired) electrons. The van der Waals surface area contributed by atoms with Gasteiger partial charge in [-0.05, 0) is 26.8 Å². The molecule has 0 fully saturated rings. The van der Waals surface area contributed by atoms with E-state index in [9.17, 15) is 0 Å². The molecule has 2 rings (SSSR count).